The maximum Gasteiger partial charge on any atom is 0.326 e. The summed E-state index contributed by atoms with van der Waals surface area (Å²) in [6.45, 7) is 4.50. The molecule has 5 nitrogen and oxygen atoms in total. The lowest BCUT2D eigenvalue weighted by molar-refractivity contribution is -0.139. The van der Waals surface area contributed by atoms with Gasteiger partial charge in [0.15, 0.2) is 0 Å². The van der Waals surface area contributed by atoms with Crippen LogP contribution in [0.4, 0.5) is 0 Å². The first-order valence-electron chi connectivity index (χ1n) is 6.61. The van der Waals surface area contributed by atoms with Gasteiger partial charge in [-0.2, -0.15) is 0 Å². The summed E-state index contributed by atoms with van der Waals surface area (Å²) in [5.41, 5.74) is 1.72. The molecule has 0 aliphatic heterocycles. The molecule has 1 atom stereocenters. The minimum absolute atomic E-state index is 0.174. The number of carbonyl (C=O) groups is 1. The van der Waals surface area contributed by atoms with Gasteiger partial charge >= 0.3 is 5.97 Å². The highest BCUT2D eigenvalue weighted by molar-refractivity contribution is 5.74. The van der Waals surface area contributed by atoms with Crippen molar-refractivity contribution in [3.8, 4) is 0 Å². The van der Waals surface area contributed by atoms with Crippen LogP contribution in [0.1, 0.15) is 37.2 Å². The van der Waals surface area contributed by atoms with Crippen LogP contribution in [0, 0.1) is 0 Å². The van der Waals surface area contributed by atoms with Crippen LogP contribution in [-0.2, 0) is 11.3 Å². The van der Waals surface area contributed by atoms with Crippen LogP contribution in [0.25, 0.3) is 0 Å². The monoisotopic (exact) mass is 273 g/mol. The zero-order chi connectivity index (χ0) is 14.5. The Kier molecular flexibility index (Phi) is 4.53. The van der Waals surface area contributed by atoms with Gasteiger partial charge in [-0.3, -0.25) is 10.1 Å². The van der Waals surface area contributed by atoms with Gasteiger partial charge in [-0.15, -0.1) is 0 Å². The molecule has 0 radical (unpaired) electrons. The van der Waals surface area contributed by atoms with Gasteiger partial charge in [-0.1, -0.05) is 30.3 Å². The van der Waals surface area contributed by atoms with E-state index >= 15 is 0 Å². The van der Waals surface area contributed by atoms with Crippen molar-refractivity contribution in [2.24, 2.45) is 0 Å². The Labute approximate surface area is 118 Å². The molecular formula is C15H19N3O2. The number of rotatable bonds is 6. The Morgan fingerprint density at radius 3 is 2.65 bits per heavy atom. The quantitative estimate of drug-likeness (QED) is 0.848. The summed E-state index contributed by atoms with van der Waals surface area (Å²) in [7, 11) is 0. The number of nitrogens with one attached hydrogen (secondary N) is 1. The van der Waals surface area contributed by atoms with E-state index < -0.39 is 12.0 Å². The third-order valence-electron chi connectivity index (χ3n) is 3.15. The molecule has 106 valence electrons. The SMILES string of the molecule is CC(C)n1cncc1C(NCc1ccccc1)C(=O)O. The largest absolute Gasteiger partial charge is 0.480 e. The number of nitrogens with zero attached hydrogens (tertiary/aromatic N) is 2. The molecular weight excluding hydrogens is 254 g/mol. The van der Waals surface area contributed by atoms with Crippen molar-refractivity contribution in [2.45, 2.75) is 32.5 Å². The second-order valence-electron chi connectivity index (χ2n) is 4.96. The summed E-state index contributed by atoms with van der Waals surface area (Å²) in [4.78, 5) is 15.6. The van der Waals surface area contributed by atoms with Crippen LogP contribution in [0.5, 0.6) is 0 Å². The van der Waals surface area contributed by atoms with Crippen molar-refractivity contribution in [1.29, 1.82) is 0 Å². The number of hydrogen-bond acceptors (Lipinski definition) is 3. The van der Waals surface area contributed by atoms with E-state index in [1.54, 1.807) is 12.5 Å². The van der Waals surface area contributed by atoms with Crippen LogP contribution in [-0.4, -0.2) is 20.6 Å². The predicted molar refractivity (Wildman–Crippen MR) is 76.3 cm³/mol. The van der Waals surface area contributed by atoms with Crippen LogP contribution in [0.3, 0.4) is 0 Å². The Morgan fingerprint density at radius 1 is 1.35 bits per heavy atom. The second-order valence-corrected chi connectivity index (χ2v) is 4.96. The first kappa shape index (κ1) is 14.3. The van der Waals surface area contributed by atoms with E-state index in [0.29, 0.717) is 12.2 Å². The van der Waals surface area contributed by atoms with E-state index in [-0.39, 0.29) is 6.04 Å². The number of carboxylic acid groups (broad SMARTS) is 1. The van der Waals surface area contributed by atoms with Gasteiger partial charge in [-0.25, -0.2) is 4.98 Å². The standard InChI is InChI=1S/C15H19N3O2/c1-11(2)18-10-16-9-13(18)14(15(19)20)17-8-12-6-4-3-5-7-12/h3-7,9-11,14,17H,8H2,1-2H3,(H,19,20). The van der Waals surface area contributed by atoms with Gasteiger partial charge in [0, 0.05) is 12.6 Å². The molecule has 0 amide bonds. The lowest BCUT2D eigenvalue weighted by Crippen LogP contribution is -2.30. The fraction of sp³-hybridized carbons (Fsp3) is 0.333. The van der Waals surface area contributed by atoms with Crippen LogP contribution >= 0.6 is 0 Å². The fourth-order valence-electron chi connectivity index (χ4n) is 2.10. The van der Waals surface area contributed by atoms with Crippen molar-refractivity contribution in [3.05, 3.63) is 54.1 Å². The normalized spacial score (nSPS) is 12.6. The predicted octanol–water partition coefficient (Wildman–Crippen LogP) is 2.38. The number of benzene rings is 1. The average Bonchev–Trinajstić information content (AvgIpc) is 2.89. The third-order valence-corrected chi connectivity index (χ3v) is 3.15. The molecule has 1 aromatic heterocycles. The van der Waals surface area contributed by atoms with Gasteiger partial charge in [0.2, 0.25) is 0 Å². The smallest absolute Gasteiger partial charge is 0.326 e. The summed E-state index contributed by atoms with van der Waals surface area (Å²) in [6, 6.07) is 9.15. The van der Waals surface area contributed by atoms with E-state index in [4.69, 9.17) is 0 Å². The zero-order valence-electron chi connectivity index (χ0n) is 11.7. The summed E-state index contributed by atoms with van der Waals surface area (Å²) < 4.78 is 1.87. The summed E-state index contributed by atoms with van der Waals surface area (Å²) in [5, 5.41) is 12.5. The highest BCUT2D eigenvalue weighted by atomic mass is 16.4. The molecule has 2 N–H and O–H groups in total. The van der Waals surface area contributed by atoms with E-state index in [1.165, 1.54) is 0 Å². The Morgan fingerprint density at radius 2 is 2.05 bits per heavy atom. The lowest BCUT2D eigenvalue weighted by atomic mass is 10.1. The lowest BCUT2D eigenvalue weighted by Gasteiger charge is -2.18. The Hall–Kier alpha value is -2.14. The number of imidazole rings is 1. The van der Waals surface area contributed by atoms with Crippen molar-refractivity contribution < 1.29 is 9.90 Å². The zero-order valence-corrected chi connectivity index (χ0v) is 11.7. The summed E-state index contributed by atoms with van der Waals surface area (Å²) >= 11 is 0. The van der Waals surface area contributed by atoms with E-state index in [2.05, 4.69) is 10.3 Å². The van der Waals surface area contributed by atoms with Gasteiger partial charge < -0.3 is 9.67 Å². The Bertz CT molecular complexity index is 564. The van der Waals surface area contributed by atoms with E-state index in [0.717, 1.165) is 5.56 Å². The molecule has 0 fully saturated rings. The molecule has 0 bridgehead atoms. The molecule has 1 aromatic carbocycles. The Balaban J connectivity index is 2.15. The molecule has 1 heterocycles. The van der Waals surface area contributed by atoms with E-state index in [1.807, 2.05) is 48.7 Å². The number of aromatic nitrogens is 2. The first-order valence-corrected chi connectivity index (χ1v) is 6.61. The highest BCUT2D eigenvalue weighted by Gasteiger charge is 2.23. The molecule has 2 aromatic rings. The number of hydrogen-bond donors (Lipinski definition) is 2. The minimum Gasteiger partial charge on any atom is -0.480 e. The molecule has 2 rings (SSSR count). The van der Waals surface area contributed by atoms with Crippen LogP contribution in [0.2, 0.25) is 0 Å². The van der Waals surface area contributed by atoms with Crippen LogP contribution in [0.15, 0.2) is 42.9 Å². The molecule has 0 aliphatic carbocycles. The second kappa shape index (κ2) is 6.34. The average molecular weight is 273 g/mol. The molecule has 5 heteroatoms. The van der Waals surface area contributed by atoms with Gasteiger partial charge in [0.25, 0.3) is 0 Å². The third kappa shape index (κ3) is 3.24. The highest BCUT2D eigenvalue weighted by Crippen LogP contribution is 2.18. The van der Waals surface area contributed by atoms with Gasteiger partial charge in [0.1, 0.15) is 6.04 Å². The maximum atomic E-state index is 11.5. The van der Waals surface area contributed by atoms with Crippen molar-refractivity contribution in [3.63, 3.8) is 0 Å². The molecule has 0 aliphatic rings. The van der Waals surface area contributed by atoms with Crippen molar-refractivity contribution in [1.82, 2.24) is 14.9 Å². The minimum atomic E-state index is -0.900. The van der Waals surface area contributed by atoms with Crippen molar-refractivity contribution >= 4 is 5.97 Å². The van der Waals surface area contributed by atoms with Crippen LogP contribution < -0.4 is 5.32 Å². The van der Waals surface area contributed by atoms with Gasteiger partial charge in [-0.05, 0) is 19.4 Å². The summed E-state index contributed by atoms with van der Waals surface area (Å²) in [5.74, 6) is -0.900. The van der Waals surface area contributed by atoms with E-state index in [9.17, 15) is 9.90 Å². The molecule has 0 saturated heterocycles. The number of carboxylic acids is 1. The summed E-state index contributed by atoms with van der Waals surface area (Å²) in [6.07, 6.45) is 3.27. The maximum absolute atomic E-state index is 11.5. The number of aliphatic carboxylic acids is 1. The molecule has 0 saturated carbocycles. The molecule has 20 heavy (non-hydrogen) atoms. The molecule has 1 unspecified atom stereocenters. The topological polar surface area (TPSA) is 67.2 Å². The molecule has 0 spiro atoms. The van der Waals surface area contributed by atoms with Crippen molar-refractivity contribution in [2.75, 3.05) is 0 Å². The van der Waals surface area contributed by atoms with Gasteiger partial charge in [0.05, 0.1) is 18.2 Å². The fourth-order valence-corrected chi connectivity index (χ4v) is 2.10. The first-order chi connectivity index (χ1) is 9.59.